The molecule has 0 saturated carbocycles. The molecule has 0 fully saturated rings. The lowest BCUT2D eigenvalue weighted by atomic mass is 10.3. The predicted octanol–water partition coefficient (Wildman–Crippen LogP) is 2.28. The molecule has 0 aromatic carbocycles. The largest absolute Gasteiger partial charge is 0.417 e. The molecule has 1 rings (SSSR count). The van der Waals surface area contributed by atoms with E-state index in [2.05, 4.69) is 10.3 Å². The standard InChI is InChI=1S/C8H6ClF3N2O/c9-3-7(15)14-6-2-1-5(4-13-6)8(10,11)12/h1-2,4H,3H2,(H,13,14,15). The van der Waals surface area contributed by atoms with Gasteiger partial charge in [-0.25, -0.2) is 4.98 Å². The highest BCUT2D eigenvalue weighted by Crippen LogP contribution is 2.28. The molecule has 0 bridgehead atoms. The Morgan fingerprint density at radius 1 is 1.47 bits per heavy atom. The van der Waals surface area contributed by atoms with Crippen molar-refractivity contribution in [3.8, 4) is 0 Å². The minimum absolute atomic E-state index is 0.0358. The number of hydrogen-bond acceptors (Lipinski definition) is 2. The van der Waals surface area contributed by atoms with Crippen LogP contribution in [-0.2, 0) is 11.0 Å². The molecular formula is C8H6ClF3N2O. The van der Waals surface area contributed by atoms with Gasteiger partial charge in [0.15, 0.2) is 0 Å². The van der Waals surface area contributed by atoms with Gasteiger partial charge in [0.25, 0.3) is 0 Å². The topological polar surface area (TPSA) is 42.0 Å². The summed E-state index contributed by atoms with van der Waals surface area (Å²) in [5, 5.41) is 2.22. The van der Waals surface area contributed by atoms with Gasteiger partial charge in [0, 0.05) is 6.20 Å². The SMILES string of the molecule is O=C(CCl)Nc1ccc(C(F)(F)F)cn1. The minimum Gasteiger partial charge on any atom is -0.310 e. The number of carbonyl (C=O) groups excluding carboxylic acids is 1. The van der Waals surface area contributed by atoms with Gasteiger partial charge in [0.2, 0.25) is 5.91 Å². The summed E-state index contributed by atoms with van der Waals surface area (Å²) in [5.74, 6) is -0.763. The van der Waals surface area contributed by atoms with Crippen LogP contribution < -0.4 is 5.32 Å². The van der Waals surface area contributed by atoms with Crippen molar-refractivity contribution in [1.82, 2.24) is 4.98 Å². The molecule has 1 amide bonds. The third-order valence-corrected chi connectivity index (χ3v) is 1.72. The Hall–Kier alpha value is -1.30. The van der Waals surface area contributed by atoms with E-state index in [9.17, 15) is 18.0 Å². The van der Waals surface area contributed by atoms with E-state index in [0.29, 0.717) is 6.20 Å². The van der Waals surface area contributed by atoms with Gasteiger partial charge < -0.3 is 5.32 Å². The molecule has 1 aromatic heterocycles. The molecule has 0 saturated heterocycles. The average Bonchev–Trinajstić information content (AvgIpc) is 2.17. The third kappa shape index (κ3) is 3.39. The lowest BCUT2D eigenvalue weighted by molar-refractivity contribution is -0.137. The number of aromatic nitrogens is 1. The summed E-state index contributed by atoms with van der Waals surface area (Å²) in [6.07, 6.45) is -3.79. The number of pyridine rings is 1. The van der Waals surface area contributed by atoms with Crippen molar-refractivity contribution in [2.75, 3.05) is 11.2 Å². The number of alkyl halides is 4. The van der Waals surface area contributed by atoms with Gasteiger partial charge in [0.05, 0.1) is 5.56 Å². The van der Waals surface area contributed by atoms with E-state index in [1.165, 1.54) is 0 Å². The molecule has 15 heavy (non-hydrogen) atoms. The molecule has 3 nitrogen and oxygen atoms in total. The normalized spacial score (nSPS) is 11.2. The van der Waals surface area contributed by atoms with Gasteiger partial charge in [-0.1, -0.05) is 0 Å². The van der Waals surface area contributed by atoms with E-state index in [-0.39, 0.29) is 11.7 Å². The molecule has 7 heteroatoms. The average molecular weight is 239 g/mol. The zero-order chi connectivity index (χ0) is 11.5. The molecule has 0 radical (unpaired) electrons. The Labute approximate surface area is 88.3 Å². The summed E-state index contributed by atoms with van der Waals surface area (Å²) in [7, 11) is 0. The molecule has 0 aliphatic heterocycles. The van der Waals surface area contributed by atoms with Crippen LogP contribution in [0.1, 0.15) is 5.56 Å². The number of nitrogens with zero attached hydrogens (tertiary/aromatic N) is 1. The third-order valence-electron chi connectivity index (χ3n) is 1.48. The molecule has 82 valence electrons. The number of nitrogens with one attached hydrogen (secondary N) is 1. The summed E-state index contributed by atoms with van der Waals surface area (Å²) < 4.78 is 36.3. The van der Waals surface area contributed by atoms with E-state index in [1.54, 1.807) is 0 Å². The second-order valence-corrected chi connectivity index (χ2v) is 2.88. The highest BCUT2D eigenvalue weighted by Gasteiger charge is 2.30. The molecule has 1 heterocycles. The number of carbonyl (C=O) groups is 1. The fraction of sp³-hybridized carbons (Fsp3) is 0.250. The lowest BCUT2D eigenvalue weighted by Gasteiger charge is -2.06. The molecule has 0 spiro atoms. The first-order chi connectivity index (χ1) is 6.93. The van der Waals surface area contributed by atoms with Crippen molar-refractivity contribution in [3.63, 3.8) is 0 Å². The molecule has 0 aliphatic carbocycles. The second kappa shape index (κ2) is 4.48. The quantitative estimate of drug-likeness (QED) is 0.803. The van der Waals surface area contributed by atoms with Crippen molar-refractivity contribution in [1.29, 1.82) is 0 Å². The lowest BCUT2D eigenvalue weighted by Crippen LogP contribution is -2.14. The Morgan fingerprint density at radius 2 is 2.13 bits per heavy atom. The van der Waals surface area contributed by atoms with Crippen LogP contribution in [0.5, 0.6) is 0 Å². The van der Waals surface area contributed by atoms with Crippen LogP contribution in [0, 0.1) is 0 Å². The van der Waals surface area contributed by atoms with E-state index in [0.717, 1.165) is 12.1 Å². The first kappa shape index (κ1) is 11.8. The predicted molar refractivity (Wildman–Crippen MR) is 48.6 cm³/mol. The van der Waals surface area contributed by atoms with Crippen LogP contribution >= 0.6 is 11.6 Å². The minimum atomic E-state index is -4.43. The smallest absolute Gasteiger partial charge is 0.310 e. The van der Waals surface area contributed by atoms with Crippen LogP contribution in [-0.4, -0.2) is 16.8 Å². The first-order valence-corrected chi connectivity index (χ1v) is 4.36. The van der Waals surface area contributed by atoms with Gasteiger partial charge in [-0.2, -0.15) is 13.2 Å². The van der Waals surface area contributed by atoms with Crippen molar-refractivity contribution < 1.29 is 18.0 Å². The van der Waals surface area contributed by atoms with Crippen molar-refractivity contribution in [2.24, 2.45) is 0 Å². The summed E-state index contributed by atoms with van der Waals surface area (Å²) >= 11 is 5.19. The number of amides is 1. The number of hydrogen-bond donors (Lipinski definition) is 1. The Kier molecular flexibility index (Phi) is 3.52. The summed E-state index contributed by atoms with van der Waals surface area (Å²) in [5.41, 5.74) is -0.869. The second-order valence-electron chi connectivity index (χ2n) is 2.61. The summed E-state index contributed by atoms with van der Waals surface area (Å²) in [6, 6.07) is 1.89. The Morgan fingerprint density at radius 3 is 2.53 bits per heavy atom. The maximum atomic E-state index is 12.1. The maximum absolute atomic E-state index is 12.1. The van der Waals surface area contributed by atoms with Crippen LogP contribution in [0.3, 0.4) is 0 Å². The monoisotopic (exact) mass is 238 g/mol. The fourth-order valence-electron chi connectivity index (χ4n) is 0.812. The van der Waals surface area contributed by atoms with Gasteiger partial charge in [0.1, 0.15) is 11.7 Å². The zero-order valence-corrected chi connectivity index (χ0v) is 8.06. The first-order valence-electron chi connectivity index (χ1n) is 3.82. The highest BCUT2D eigenvalue weighted by molar-refractivity contribution is 6.28. The van der Waals surface area contributed by atoms with Gasteiger partial charge >= 0.3 is 6.18 Å². The van der Waals surface area contributed by atoms with E-state index < -0.39 is 17.6 Å². The zero-order valence-electron chi connectivity index (χ0n) is 7.31. The number of halogens is 4. The molecule has 0 unspecified atom stereocenters. The fourth-order valence-corrected chi connectivity index (χ4v) is 0.879. The van der Waals surface area contributed by atoms with Crippen LogP contribution in [0.2, 0.25) is 0 Å². The van der Waals surface area contributed by atoms with E-state index in [4.69, 9.17) is 11.6 Å². The molecule has 0 atom stereocenters. The molecule has 1 N–H and O–H groups in total. The number of anilines is 1. The highest BCUT2D eigenvalue weighted by atomic mass is 35.5. The van der Waals surface area contributed by atoms with Crippen LogP contribution in [0.4, 0.5) is 19.0 Å². The van der Waals surface area contributed by atoms with E-state index >= 15 is 0 Å². The van der Waals surface area contributed by atoms with Crippen molar-refractivity contribution in [3.05, 3.63) is 23.9 Å². The summed E-state index contributed by atoms with van der Waals surface area (Å²) in [4.78, 5) is 14.2. The molecule has 0 aliphatic rings. The van der Waals surface area contributed by atoms with E-state index in [1.807, 2.05) is 0 Å². The van der Waals surface area contributed by atoms with Gasteiger partial charge in [-0.15, -0.1) is 11.6 Å². The van der Waals surface area contributed by atoms with Crippen LogP contribution in [0.15, 0.2) is 18.3 Å². The Balaban J connectivity index is 2.77. The number of rotatable bonds is 2. The molecule has 1 aromatic rings. The van der Waals surface area contributed by atoms with Gasteiger partial charge in [-0.05, 0) is 12.1 Å². The Bertz CT molecular complexity index is 350. The van der Waals surface area contributed by atoms with Crippen LogP contribution in [0.25, 0.3) is 0 Å². The summed E-state index contributed by atoms with van der Waals surface area (Å²) in [6.45, 7) is 0. The van der Waals surface area contributed by atoms with Gasteiger partial charge in [-0.3, -0.25) is 4.79 Å². The molecular weight excluding hydrogens is 233 g/mol. The maximum Gasteiger partial charge on any atom is 0.417 e. The van der Waals surface area contributed by atoms with Crippen molar-refractivity contribution >= 4 is 23.3 Å². The van der Waals surface area contributed by atoms with Crippen molar-refractivity contribution in [2.45, 2.75) is 6.18 Å².